The minimum Gasteiger partial charge on any atom is -0.466 e. The standard InChI is InChI=1S/C11H12F2N2O5/c1-2-19-10(16)5-7-8(14)3-6(15(17)18)4-9(7)20-11(12)13/h3-4,11H,2,5,14H2,1H3. The van der Waals surface area contributed by atoms with Crippen LogP contribution in [0.4, 0.5) is 20.2 Å². The molecule has 0 aliphatic carbocycles. The molecule has 110 valence electrons. The Hall–Kier alpha value is -2.45. The normalized spacial score (nSPS) is 10.4. The summed E-state index contributed by atoms with van der Waals surface area (Å²) in [7, 11) is 0. The fourth-order valence-electron chi connectivity index (χ4n) is 1.50. The second kappa shape index (κ2) is 6.64. The van der Waals surface area contributed by atoms with Crippen LogP contribution in [0.5, 0.6) is 5.75 Å². The number of anilines is 1. The number of nitrogens with two attached hydrogens (primary N) is 1. The zero-order valence-corrected chi connectivity index (χ0v) is 10.5. The van der Waals surface area contributed by atoms with Gasteiger partial charge < -0.3 is 15.2 Å². The third-order valence-electron chi connectivity index (χ3n) is 2.28. The highest BCUT2D eigenvalue weighted by atomic mass is 19.3. The van der Waals surface area contributed by atoms with Crippen molar-refractivity contribution in [2.24, 2.45) is 0 Å². The predicted molar refractivity (Wildman–Crippen MR) is 64.5 cm³/mol. The summed E-state index contributed by atoms with van der Waals surface area (Å²) in [5.74, 6) is -1.22. The first-order valence-corrected chi connectivity index (χ1v) is 5.52. The number of nitrogens with zero attached hydrogens (tertiary/aromatic N) is 1. The molecular formula is C11H12F2N2O5. The van der Waals surface area contributed by atoms with Crippen LogP contribution >= 0.6 is 0 Å². The Morgan fingerprint density at radius 3 is 2.65 bits per heavy atom. The van der Waals surface area contributed by atoms with Gasteiger partial charge in [-0.15, -0.1) is 0 Å². The largest absolute Gasteiger partial charge is 0.466 e. The van der Waals surface area contributed by atoms with Gasteiger partial charge in [0.2, 0.25) is 0 Å². The maximum atomic E-state index is 12.3. The molecule has 0 spiro atoms. The van der Waals surface area contributed by atoms with Gasteiger partial charge in [-0.3, -0.25) is 14.9 Å². The van der Waals surface area contributed by atoms with Crippen LogP contribution < -0.4 is 10.5 Å². The number of nitrogen functional groups attached to an aromatic ring is 1. The number of rotatable bonds is 6. The van der Waals surface area contributed by atoms with E-state index in [1.54, 1.807) is 6.92 Å². The lowest BCUT2D eigenvalue weighted by Gasteiger charge is -2.12. The van der Waals surface area contributed by atoms with Gasteiger partial charge in [0.15, 0.2) is 0 Å². The topological polar surface area (TPSA) is 105 Å². The summed E-state index contributed by atoms with van der Waals surface area (Å²) in [4.78, 5) is 21.2. The number of halogens is 2. The van der Waals surface area contributed by atoms with Crippen molar-refractivity contribution in [2.75, 3.05) is 12.3 Å². The molecule has 7 nitrogen and oxygen atoms in total. The first-order chi connectivity index (χ1) is 9.35. The molecule has 20 heavy (non-hydrogen) atoms. The van der Waals surface area contributed by atoms with E-state index < -0.39 is 35.4 Å². The van der Waals surface area contributed by atoms with E-state index in [4.69, 9.17) is 5.73 Å². The average molecular weight is 290 g/mol. The molecule has 0 unspecified atom stereocenters. The van der Waals surface area contributed by atoms with Crippen molar-refractivity contribution in [1.29, 1.82) is 0 Å². The molecule has 0 heterocycles. The van der Waals surface area contributed by atoms with Crippen molar-refractivity contribution < 1.29 is 28.0 Å². The van der Waals surface area contributed by atoms with Crippen LogP contribution in [0.1, 0.15) is 12.5 Å². The lowest BCUT2D eigenvalue weighted by molar-refractivity contribution is -0.384. The summed E-state index contributed by atoms with van der Waals surface area (Å²) >= 11 is 0. The smallest absolute Gasteiger partial charge is 0.387 e. The molecule has 0 saturated carbocycles. The minimum atomic E-state index is -3.20. The van der Waals surface area contributed by atoms with Gasteiger partial charge in [-0.05, 0) is 6.92 Å². The van der Waals surface area contributed by atoms with E-state index >= 15 is 0 Å². The maximum absolute atomic E-state index is 12.3. The molecule has 0 bridgehead atoms. The molecule has 1 rings (SSSR count). The van der Waals surface area contributed by atoms with E-state index in [-0.39, 0.29) is 17.9 Å². The van der Waals surface area contributed by atoms with Gasteiger partial charge in [-0.2, -0.15) is 8.78 Å². The number of hydrogen-bond donors (Lipinski definition) is 1. The number of carbonyl (C=O) groups is 1. The van der Waals surface area contributed by atoms with Crippen molar-refractivity contribution in [3.05, 3.63) is 27.8 Å². The zero-order valence-electron chi connectivity index (χ0n) is 10.5. The summed E-state index contributed by atoms with van der Waals surface area (Å²) in [5.41, 5.74) is 4.77. The molecule has 0 aromatic heterocycles. The number of non-ortho nitro benzene ring substituents is 1. The Kier molecular flexibility index (Phi) is 5.18. The molecule has 0 saturated heterocycles. The van der Waals surface area contributed by atoms with Gasteiger partial charge >= 0.3 is 12.6 Å². The highest BCUT2D eigenvalue weighted by Crippen LogP contribution is 2.32. The zero-order chi connectivity index (χ0) is 15.3. The van der Waals surface area contributed by atoms with Crippen molar-refractivity contribution in [2.45, 2.75) is 20.0 Å². The van der Waals surface area contributed by atoms with Crippen LogP contribution in [0.3, 0.4) is 0 Å². The van der Waals surface area contributed by atoms with Crippen LogP contribution in [0.15, 0.2) is 12.1 Å². The second-order valence-corrected chi connectivity index (χ2v) is 3.63. The highest BCUT2D eigenvalue weighted by Gasteiger charge is 2.21. The molecule has 0 aliphatic heterocycles. The fourth-order valence-corrected chi connectivity index (χ4v) is 1.50. The third-order valence-corrected chi connectivity index (χ3v) is 2.28. The molecule has 0 atom stereocenters. The number of nitro groups is 1. The monoisotopic (exact) mass is 290 g/mol. The summed E-state index contributed by atoms with van der Waals surface area (Å²) in [6, 6.07) is 1.75. The SMILES string of the molecule is CCOC(=O)Cc1c(N)cc([N+](=O)[O-])cc1OC(F)F. The van der Waals surface area contributed by atoms with Crippen LogP contribution in [0.25, 0.3) is 0 Å². The van der Waals surface area contributed by atoms with E-state index in [1.165, 1.54) is 0 Å². The number of esters is 1. The van der Waals surface area contributed by atoms with Crippen LogP contribution in [-0.2, 0) is 16.0 Å². The van der Waals surface area contributed by atoms with Crippen LogP contribution in [0.2, 0.25) is 0 Å². The Balaban J connectivity index is 3.18. The Bertz CT molecular complexity index is 522. The number of hydrogen-bond acceptors (Lipinski definition) is 6. The lowest BCUT2D eigenvalue weighted by atomic mass is 10.1. The van der Waals surface area contributed by atoms with Crippen LogP contribution in [-0.4, -0.2) is 24.1 Å². The summed E-state index contributed by atoms with van der Waals surface area (Å²) in [5, 5.41) is 10.6. The van der Waals surface area contributed by atoms with E-state index in [2.05, 4.69) is 9.47 Å². The summed E-state index contributed by atoms with van der Waals surface area (Å²) in [6.45, 7) is -1.51. The van der Waals surface area contributed by atoms with Crippen molar-refractivity contribution >= 4 is 17.3 Å². The second-order valence-electron chi connectivity index (χ2n) is 3.63. The number of ether oxygens (including phenoxy) is 2. The highest BCUT2D eigenvalue weighted by molar-refractivity contribution is 5.77. The Morgan fingerprint density at radius 1 is 1.50 bits per heavy atom. The summed E-state index contributed by atoms with van der Waals surface area (Å²) in [6.07, 6.45) is -0.417. The number of benzene rings is 1. The molecule has 9 heteroatoms. The molecule has 0 fully saturated rings. The van der Waals surface area contributed by atoms with Crippen molar-refractivity contribution in [3.8, 4) is 5.75 Å². The maximum Gasteiger partial charge on any atom is 0.387 e. The van der Waals surface area contributed by atoms with Gasteiger partial charge in [0.25, 0.3) is 5.69 Å². The first kappa shape index (κ1) is 15.6. The first-order valence-electron chi connectivity index (χ1n) is 5.52. The van der Waals surface area contributed by atoms with Crippen molar-refractivity contribution in [1.82, 2.24) is 0 Å². The Morgan fingerprint density at radius 2 is 2.15 bits per heavy atom. The van der Waals surface area contributed by atoms with E-state index in [0.717, 1.165) is 12.1 Å². The lowest BCUT2D eigenvalue weighted by Crippen LogP contribution is -2.13. The van der Waals surface area contributed by atoms with Gasteiger partial charge in [0.1, 0.15) is 5.75 Å². The quantitative estimate of drug-likeness (QED) is 0.371. The Labute approximate surface area is 112 Å². The molecule has 0 radical (unpaired) electrons. The van der Waals surface area contributed by atoms with Gasteiger partial charge in [0, 0.05) is 17.3 Å². The molecular weight excluding hydrogens is 278 g/mol. The number of carbonyl (C=O) groups excluding carboxylic acids is 1. The fraction of sp³-hybridized carbons (Fsp3) is 0.364. The number of alkyl halides is 2. The molecule has 2 N–H and O–H groups in total. The predicted octanol–water partition coefficient (Wildman–Crippen LogP) is 1.88. The van der Waals surface area contributed by atoms with E-state index in [0.29, 0.717) is 0 Å². The van der Waals surface area contributed by atoms with Gasteiger partial charge in [-0.25, -0.2) is 0 Å². The molecule has 0 amide bonds. The molecule has 1 aromatic rings. The summed E-state index contributed by atoms with van der Waals surface area (Å²) < 4.78 is 33.4. The van der Waals surface area contributed by atoms with Crippen molar-refractivity contribution in [3.63, 3.8) is 0 Å². The van der Waals surface area contributed by atoms with Crippen LogP contribution in [0, 0.1) is 10.1 Å². The van der Waals surface area contributed by atoms with E-state index in [9.17, 15) is 23.7 Å². The van der Waals surface area contributed by atoms with Gasteiger partial charge in [-0.1, -0.05) is 0 Å². The van der Waals surface area contributed by atoms with Gasteiger partial charge in [0.05, 0.1) is 24.0 Å². The van der Waals surface area contributed by atoms with E-state index in [1.807, 2.05) is 0 Å². The molecule has 0 aliphatic rings. The number of nitro benzene ring substituents is 1. The molecule has 1 aromatic carbocycles. The average Bonchev–Trinajstić information content (AvgIpc) is 2.32. The third kappa shape index (κ3) is 4.04. The minimum absolute atomic E-state index is 0.0747.